The maximum absolute atomic E-state index is 13.1. The van der Waals surface area contributed by atoms with Crippen molar-refractivity contribution in [1.82, 2.24) is 9.88 Å². The van der Waals surface area contributed by atoms with Crippen molar-refractivity contribution in [2.75, 3.05) is 18.4 Å². The Kier molecular flexibility index (Phi) is 2.49. The number of halogens is 2. The number of carbonyl (C=O) groups is 1. The summed E-state index contributed by atoms with van der Waals surface area (Å²) < 4.78 is 25.6. The van der Waals surface area contributed by atoms with Gasteiger partial charge in [-0.25, -0.2) is 13.8 Å². The summed E-state index contributed by atoms with van der Waals surface area (Å²) in [5.74, 6) is -1.41. The fourth-order valence-corrected chi connectivity index (χ4v) is 1.40. The average Bonchev–Trinajstić information content (AvgIpc) is 2.13. The predicted octanol–water partition coefficient (Wildman–Crippen LogP) is 0.612. The van der Waals surface area contributed by atoms with E-state index in [9.17, 15) is 13.6 Å². The summed E-state index contributed by atoms with van der Waals surface area (Å²) in [5, 5.41) is 2.78. The van der Waals surface area contributed by atoms with E-state index < -0.39 is 11.6 Å². The molecule has 0 aliphatic carbocycles. The van der Waals surface area contributed by atoms with E-state index in [1.807, 2.05) is 0 Å². The van der Waals surface area contributed by atoms with E-state index in [4.69, 9.17) is 0 Å². The number of hydrogen-bond acceptors (Lipinski definition) is 3. The van der Waals surface area contributed by atoms with Crippen molar-refractivity contribution in [1.29, 1.82) is 0 Å². The van der Waals surface area contributed by atoms with Gasteiger partial charge in [-0.05, 0) is 0 Å². The maximum atomic E-state index is 13.1. The number of pyridine rings is 1. The molecule has 1 saturated heterocycles. The van der Waals surface area contributed by atoms with Crippen LogP contribution in [-0.4, -0.2) is 35.4 Å². The van der Waals surface area contributed by atoms with Crippen LogP contribution in [0.3, 0.4) is 0 Å². The van der Waals surface area contributed by atoms with Gasteiger partial charge in [0.25, 0.3) is 0 Å². The molecule has 6 heteroatoms. The molecule has 1 fully saturated rings. The molecule has 1 aliphatic rings. The van der Waals surface area contributed by atoms with E-state index in [0.717, 1.165) is 18.7 Å². The summed E-state index contributed by atoms with van der Waals surface area (Å²) in [6.45, 7) is 1.03. The number of hydrogen-bond donors (Lipinski definition) is 1. The van der Waals surface area contributed by atoms with Crippen molar-refractivity contribution in [3.63, 3.8) is 0 Å². The van der Waals surface area contributed by atoms with Crippen LogP contribution in [0.25, 0.3) is 0 Å². The molecule has 1 aromatic heterocycles. The third-order valence-corrected chi connectivity index (χ3v) is 2.21. The normalized spacial score (nSPS) is 16.0. The molecule has 2 rings (SSSR count). The minimum absolute atomic E-state index is 0.0114. The van der Waals surface area contributed by atoms with Gasteiger partial charge in [-0.15, -0.1) is 0 Å². The molecule has 1 aromatic rings. The summed E-state index contributed by atoms with van der Waals surface area (Å²) in [6.07, 6.45) is 1.67. The third kappa shape index (κ3) is 2.03. The van der Waals surface area contributed by atoms with Gasteiger partial charge < -0.3 is 10.2 Å². The van der Waals surface area contributed by atoms with Crippen LogP contribution in [-0.2, 0) is 4.79 Å². The Morgan fingerprint density at radius 2 is 2.27 bits per heavy atom. The van der Waals surface area contributed by atoms with Gasteiger partial charge in [-0.3, -0.25) is 4.79 Å². The molecule has 1 aliphatic heterocycles. The molecular formula is C9H9F2N3O. The van der Waals surface area contributed by atoms with Crippen molar-refractivity contribution in [3.05, 3.63) is 23.9 Å². The minimum atomic E-state index is -0.723. The number of nitrogens with zero attached hydrogens (tertiary/aromatic N) is 2. The molecule has 1 N–H and O–H groups in total. The summed E-state index contributed by atoms with van der Waals surface area (Å²) in [4.78, 5) is 15.4. The third-order valence-electron chi connectivity index (χ3n) is 2.21. The van der Waals surface area contributed by atoms with E-state index in [0.29, 0.717) is 13.1 Å². The number of anilines is 1. The van der Waals surface area contributed by atoms with Crippen LogP contribution >= 0.6 is 0 Å². The van der Waals surface area contributed by atoms with Crippen molar-refractivity contribution in [2.24, 2.45) is 0 Å². The van der Waals surface area contributed by atoms with Crippen molar-refractivity contribution < 1.29 is 13.6 Å². The quantitative estimate of drug-likeness (QED) is 0.748. The van der Waals surface area contributed by atoms with Gasteiger partial charge in [0, 0.05) is 19.2 Å². The van der Waals surface area contributed by atoms with Crippen molar-refractivity contribution in [3.8, 4) is 0 Å². The highest BCUT2D eigenvalue weighted by Crippen LogP contribution is 2.15. The summed E-state index contributed by atoms with van der Waals surface area (Å²) in [5.41, 5.74) is 0. The number of nitrogens with one attached hydrogen (secondary N) is 1. The van der Waals surface area contributed by atoms with Gasteiger partial charge in [-0.1, -0.05) is 0 Å². The van der Waals surface area contributed by atoms with Crippen LogP contribution < -0.4 is 5.32 Å². The van der Waals surface area contributed by atoms with E-state index in [2.05, 4.69) is 10.3 Å². The van der Waals surface area contributed by atoms with Gasteiger partial charge >= 0.3 is 0 Å². The molecule has 0 radical (unpaired) electrons. The second-order valence-corrected chi connectivity index (χ2v) is 3.38. The van der Waals surface area contributed by atoms with Crippen LogP contribution in [0.1, 0.15) is 0 Å². The lowest BCUT2D eigenvalue weighted by Gasteiger charge is -2.36. The SMILES string of the molecule is O=CN1CC(Nc2ncc(F)cc2F)C1. The smallest absolute Gasteiger partial charge is 0.209 e. The first-order chi connectivity index (χ1) is 7.19. The molecule has 0 spiro atoms. The second-order valence-electron chi connectivity index (χ2n) is 3.38. The lowest BCUT2D eigenvalue weighted by molar-refractivity contribution is -0.121. The maximum Gasteiger partial charge on any atom is 0.209 e. The first kappa shape index (κ1) is 9.82. The number of aromatic nitrogens is 1. The molecule has 4 nitrogen and oxygen atoms in total. The first-order valence-electron chi connectivity index (χ1n) is 4.46. The Labute approximate surface area is 84.9 Å². The summed E-state index contributed by atoms with van der Waals surface area (Å²) in [7, 11) is 0. The Morgan fingerprint density at radius 3 is 2.87 bits per heavy atom. The molecule has 2 heterocycles. The van der Waals surface area contributed by atoms with Crippen molar-refractivity contribution >= 4 is 12.2 Å². The number of amides is 1. The van der Waals surface area contributed by atoms with Gasteiger partial charge in [0.05, 0.1) is 12.2 Å². The van der Waals surface area contributed by atoms with Gasteiger partial charge in [0.15, 0.2) is 11.6 Å². The zero-order valence-corrected chi connectivity index (χ0v) is 7.78. The molecular weight excluding hydrogens is 204 g/mol. The van der Waals surface area contributed by atoms with E-state index in [1.165, 1.54) is 0 Å². The Bertz CT molecular complexity index is 380. The van der Waals surface area contributed by atoms with Gasteiger partial charge in [-0.2, -0.15) is 0 Å². The zero-order chi connectivity index (χ0) is 10.8. The Balaban J connectivity index is 1.97. The molecule has 1 amide bonds. The highest BCUT2D eigenvalue weighted by atomic mass is 19.1. The zero-order valence-electron chi connectivity index (χ0n) is 7.78. The topological polar surface area (TPSA) is 45.2 Å². The predicted molar refractivity (Wildman–Crippen MR) is 49.2 cm³/mol. The number of likely N-dealkylation sites (tertiary alicyclic amines) is 1. The van der Waals surface area contributed by atoms with Gasteiger partial charge in [0.1, 0.15) is 5.82 Å². The summed E-state index contributed by atoms with van der Waals surface area (Å²) >= 11 is 0. The number of rotatable bonds is 3. The highest BCUT2D eigenvalue weighted by Gasteiger charge is 2.26. The van der Waals surface area contributed by atoms with E-state index >= 15 is 0 Å². The minimum Gasteiger partial charge on any atom is -0.361 e. The highest BCUT2D eigenvalue weighted by molar-refractivity contribution is 5.50. The van der Waals surface area contributed by atoms with Crippen LogP contribution in [0.5, 0.6) is 0 Å². The van der Waals surface area contributed by atoms with E-state index in [1.54, 1.807) is 4.90 Å². The lowest BCUT2D eigenvalue weighted by Crippen LogP contribution is -2.54. The molecule has 0 saturated carbocycles. The van der Waals surface area contributed by atoms with Crippen LogP contribution in [0.2, 0.25) is 0 Å². The number of carbonyl (C=O) groups excluding carboxylic acids is 1. The first-order valence-corrected chi connectivity index (χ1v) is 4.46. The van der Waals surface area contributed by atoms with Crippen LogP contribution in [0, 0.1) is 11.6 Å². The molecule has 0 aromatic carbocycles. The van der Waals surface area contributed by atoms with E-state index in [-0.39, 0.29) is 11.9 Å². The molecule has 80 valence electrons. The Hall–Kier alpha value is -1.72. The molecule has 0 unspecified atom stereocenters. The fourth-order valence-electron chi connectivity index (χ4n) is 1.40. The second kappa shape index (κ2) is 3.80. The van der Waals surface area contributed by atoms with Crippen molar-refractivity contribution in [2.45, 2.75) is 6.04 Å². The standard InChI is InChI=1S/C9H9F2N3O/c10-6-1-8(11)9(12-2-6)13-7-3-14(4-7)5-15/h1-2,5,7H,3-4H2,(H,12,13). The monoisotopic (exact) mass is 213 g/mol. The lowest BCUT2D eigenvalue weighted by atomic mass is 10.1. The van der Waals surface area contributed by atoms with Crippen LogP contribution in [0.4, 0.5) is 14.6 Å². The largest absolute Gasteiger partial charge is 0.361 e. The molecule has 0 atom stereocenters. The summed E-state index contributed by atoms with van der Waals surface area (Å²) in [6, 6.07) is 0.758. The van der Waals surface area contributed by atoms with Crippen LogP contribution in [0.15, 0.2) is 12.3 Å². The molecule has 0 bridgehead atoms. The Morgan fingerprint density at radius 1 is 1.53 bits per heavy atom. The average molecular weight is 213 g/mol. The van der Waals surface area contributed by atoms with Gasteiger partial charge in [0.2, 0.25) is 6.41 Å². The molecule has 15 heavy (non-hydrogen) atoms. The fraction of sp³-hybridized carbons (Fsp3) is 0.333.